The number of likely N-dealkylation sites (N-methyl/N-ethyl adjacent to an activating group) is 1. The summed E-state index contributed by atoms with van der Waals surface area (Å²) in [7, 11) is 1.91. The second kappa shape index (κ2) is 6.25. The van der Waals surface area contributed by atoms with Crippen molar-refractivity contribution >= 4 is 39.1 Å². The van der Waals surface area contributed by atoms with Gasteiger partial charge in [-0.05, 0) is 31.3 Å². The van der Waals surface area contributed by atoms with Crippen molar-refractivity contribution in [2.24, 2.45) is 0 Å². The van der Waals surface area contributed by atoms with Gasteiger partial charge >= 0.3 is 0 Å². The van der Waals surface area contributed by atoms with Gasteiger partial charge in [-0.2, -0.15) is 0 Å². The lowest BCUT2D eigenvalue weighted by molar-refractivity contribution is -0.131. The third-order valence-corrected chi connectivity index (χ3v) is 4.69. The molecule has 0 aliphatic carbocycles. The number of carbonyl (C=O) groups excluding carboxylic acids is 1. The van der Waals surface area contributed by atoms with Crippen molar-refractivity contribution < 1.29 is 4.79 Å². The van der Waals surface area contributed by atoms with E-state index in [0.717, 1.165) is 36.1 Å². The number of thiophene rings is 1. The zero-order valence-corrected chi connectivity index (χ0v) is 13.5. The van der Waals surface area contributed by atoms with Crippen molar-refractivity contribution in [2.75, 3.05) is 26.7 Å². The zero-order valence-electron chi connectivity index (χ0n) is 11.9. The summed E-state index contributed by atoms with van der Waals surface area (Å²) in [4.78, 5) is 25.7. The normalized spacial score (nSPS) is 15.3. The molecule has 3 rings (SSSR count). The van der Waals surface area contributed by atoms with Crippen LogP contribution in [0.1, 0.15) is 18.7 Å². The lowest BCUT2D eigenvalue weighted by Gasteiger charge is -2.20. The van der Waals surface area contributed by atoms with E-state index in [0.29, 0.717) is 24.1 Å². The number of aromatic nitrogens is 2. The molecule has 1 amide bonds. The number of rotatable bonds is 4. The standard InChI is InChI=1S/C14H17ClN4OS/c1-18(9-12(20)19-5-2-3-6-19)8-11-16-13(15)10-4-7-21-14(10)17-11/h4,7H,2-3,5-6,8-9H2,1H3. The lowest BCUT2D eigenvalue weighted by Crippen LogP contribution is -2.37. The molecule has 2 aromatic rings. The van der Waals surface area contributed by atoms with Crippen LogP contribution in [0.3, 0.4) is 0 Å². The maximum Gasteiger partial charge on any atom is 0.236 e. The van der Waals surface area contributed by atoms with Crippen LogP contribution in [0.2, 0.25) is 5.15 Å². The van der Waals surface area contributed by atoms with Crippen LogP contribution >= 0.6 is 22.9 Å². The fourth-order valence-corrected chi connectivity index (χ4v) is 3.61. The van der Waals surface area contributed by atoms with Gasteiger partial charge in [0.05, 0.1) is 13.1 Å². The molecule has 0 aromatic carbocycles. The van der Waals surface area contributed by atoms with Crippen molar-refractivity contribution in [1.29, 1.82) is 0 Å². The SMILES string of the molecule is CN(CC(=O)N1CCCC1)Cc1nc(Cl)c2ccsc2n1. The molecule has 5 nitrogen and oxygen atoms in total. The number of carbonyl (C=O) groups is 1. The summed E-state index contributed by atoms with van der Waals surface area (Å²) in [5.41, 5.74) is 0. The minimum absolute atomic E-state index is 0.179. The second-order valence-electron chi connectivity index (χ2n) is 5.33. The van der Waals surface area contributed by atoms with Gasteiger partial charge in [-0.3, -0.25) is 9.69 Å². The molecule has 0 unspecified atom stereocenters. The first-order chi connectivity index (χ1) is 10.1. The summed E-state index contributed by atoms with van der Waals surface area (Å²) >= 11 is 7.71. The summed E-state index contributed by atoms with van der Waals surface area (Å²) in [5, 5.41) is 3.33. The van der Waals surface area contributed by atoms with Gasteiger partial charge in [-0.15, -0.1) is 11.3 Å². The summed E-state index contributed by atoms with van der Waals surface area (Å²) in [6, 6.07) is 1.92. The number of hydrogen-bond donors (Lipinski definition) is 0. The third kappa shape index (κ3) is 3.33. The average molecular weight is 325 g/mol. The number of hydrogen-bond acceptors (Lipinski definition) is 5. The number of fused-ring (bicyclic) bond motifs is 1. The predicted molar refractivity (Wildman–Crippen MR) is 84.6 cm³/mol. The van der Waals surface area contributed by atoms with E-state index in [1.165, 1.54) is 0 Å². The van der Waals surface area contributed by atoms with E-state index in [1.807, 2.05) is 28.3 Å². The molecule has 0 saturated carbocycles. The van der Waals surface area contributed by atoms with E-state index in [-0.39, 0.29) is 5.91 Å². The molecule has 0 atom stereocenters. The first kappa shape index (κ1) is 14.7. The van der Waals surface area contributed by atoms with E-state index >= 15 is 0 Å². The molecule has 1 aliphatic heterocycles. The summed E-state index contributed by atoms with van der Waals surface area (Å²) < 4.78 is 0. The summed E-state index contributed by atoms with van der Waals surface area (Å²) in [6.07, 6.45) is 2.23. The van der Waals surface area contributed by atoms with Crippen LogP contribution in [-0.4, -0.2) is 52.4 Å². The molecular formula is C14H17ClN4OS. The summed E-state index contributed by atoms with van der Waals surface area (Å²) in [6.45, 7) is 2.68. The van der Waals surface area contributed by atoms with Crippen molar-refractivity contribution in [3.8, 4) is 0 Å². The molecule has 0 radical (unpaired) electrons. The van der Waals surface area contributed by atoms with Crippen molar-refractivity contribution in [1.82, 2.24) is 19.8 Å². The van der Waals surface area contributed by atoms with Gasteiger partial charge in [0.2, 0.25) is 5.91 Å². The number of nitrogens with zero attached hydrogens (tertiary/aromatic N) is 4. The number of halogens is 1. The molecule has 0 N–H and O–H groups in total. The average Bonchev–Trinajstić information content (AvgIpc) is 3.09. The van der Waals surface area contributed by atoms with Gasteiger partial charge in [0.15, 0.2) is 0 Å². The quantitative estimate of drug-likeness (QED) is 0.810. The first-order valence-corrected chi connectivity index (χ1v) is 8.25. The van der Waals surface area contributed by atoms with Crippen molar-refractivity contribution in [2.45, 2.75) is 19.4 Å². The second-order valence-corrected chi connectivity index (χ2v) is 6.58. The Balaban J connectivity index is 1.65. The number of likely N-dealkylation sites (tertiary alicyclic amines) is 1. The van der Waals surface area contributed by atoms with Crippen LogP contribution in [-0.2, 0) is 11.3 Å². The van der Waals surface area contributed by atoms with Crippen molar-refractivity contribution in [3.05, 3.63) is 22.4 Å². The first-order valence-electron chi connectivity index (χ1n) is 6.99. The Hall–Kier alpha value is -1.24. The molecule has 1 fully saturated rings. The Bertz CT molecular complexity index is 653. The fourth-order valence-electron chi connectivity index (χ4n) is 2.53. The monoisotopic (exact) mass is 324 g/mol. The van der Waals surface area contributed by atoms with E-state index in [9.17, 15) is 4.79 Å². The van der Waals surface area contributed by atoms with E-state index in [1.54, 1.807) is 11.3 Å². The van der Waals surface area contributed by atoms with Gasteiger partial charge in [-0.25, -0.2) is 9.97 Å². The highest BCUT2D eigenvalue weighted by Gasteiger charge is 2.19. The Labute approximate surface area is 132 Å². The smallest absolute Gasteiger partial charge is 0.236 e. The Morgan fingerprint density at radius 2 is 2.19 bits per heavy atom. The highest BCUT2D eigenvalue weighted by molar-refractivity contribution is 7.16. The molecule has 7 heteroatoms. The van der Waals surface area contributed by atoms with E-state index in [2.05, 4.69) is 9.97 Å². The van der Waals surface area contributed by atoms with Gasteiger partial charge < -0.3 is 4.90 Å². The Kier molecular flexibility index (Phi) is 4.37. The van der Waals surface area contributed by atoms with Gasteiger partial charge in [0, 0.05) is 18.5 Å². The lowest BCUT2D eigenvalue weighted by atomic mass is 10.4. The molecule has 3 heterocycles. The minimum atomic E-state index is 0.179. The zero-order chi connectivity index (χ0) is 14.8. The topological polar surface area (TPSA) is 49.3 Å². The molecular weight excluding hydrogens is 308 g/mol. The van der Waals surface area contributed by atoms with Crippen LogP contribution in [0.25, 0.3) is 10.2 Å². The van der Waals surface area contributed by atoms with Gasteiger partial charge in [0.1, 0.15) is 15.8 Å². The maximum absolute atomic E-state index is 12.1. The van der Waals surface area contributed by atoms with E-state index in [4.69, 9.17) is 11.6 Å². The molecule has 1 saturated heterocycles. The maximum atomic E-state index is 12.1. The van der Waals surface area contributed by atoms with Crippen LogP contribution < -0.4 is 0 Å². The largest absolute Gasteiger partial charge is 0.342 e. The van der Waals surface area contributed by atoms with E-state index < -0.39 is 0 Å². The highest BCUT2D eigenvalue weighted by Crippen LogP contribution is 2.24. The molecule has 21 heavy (non-hydrogen) atoms. The van der Waals surface area contributed by atoms with Gasteiger partial charge in [0.25, 0.3) is 0 Å². The Morgan fingerprint density at radius 1 is 1.43 bits per heavy atom. The van der Waals surface area contributed by atoms with Crippen LogP contribution in [0.15, 0.2) is 11.4 Å². The molecule has 0 spiro atoms. The predicted octanol–water partition coefficient (Wildman–Crippen LogP) is 2.40. The third-order valence-electron chi connectivity index (χ3n) is 3.60. The van der Waals surface area contributed by atoms with Gasteiger partial charge in [-0.1, -0.05) is 11.6 Å². The fraction of sp³-hybridized carbons (Fsp3) is 0.500. The summed E-state index contributed by atoms with van der Waals surface area (Å²) in [5.74, 6) is 0.838. The van der Waals surface area contributed by atoms with Crippen LogP contribution in [0.5, 0.6) is 0 Å². The molecule has 2 aromatic heterocycles. The molecule has 1 aliphatic rings. The van der Waals surface area contributed by atoms with Crippen LogP contribution in [0, 0.1) is 0 Å². The van der Waals surface area contributed by atoms with Crippen molar-refractivity contribution in [3.63, 3.8) is 0 Å². The Morgan fingerprint density at radius 3 is 2.95 bits per heavy atom. The minimum Gasteiger partial charge on any atom is -0.342 e. The number of amides is 1. The molecule has 0 bridgehead atoms. The molecule has 112 valence electrons. The van der Waals surface area contributed by atoms with Crippen LogP contribution in [0.4, 0.5) is 0 Å². The highest BCUT2D eigenvalue weighted by atomic mass is 35.5.